The minimum atomic E-state index is -0.102. The maximum absolute atomic E-state index is 12.6. The SMILES string of the molecule is CC(=O)N1CCC(CNC(=O)c2ccc3c(c2)nc(C)n3-c2ccccc2)C1. The highest BCUT2D eigenvalue weighted by Gasteiger charge is 2.24. The fourth-order valence-electron chi connectivity index (χ4n) is 3.87. The van der Waals surface area contributed by atoms with Crippen molar-refractivity contribution in [2.45, 2.75) is 20.3 Å². The van der Waals surface area contributed by atoms with Crippen molar-refractivity contribution in [3.63, 3.8) is 0 Å². The van der Waals surface area contributed by atoms with E-state index in [9.17, 15) is 9.59 Å². The Balaban J connectivity index is 1.49. The van der Waals surface area contributed by atoms with E-state index in [2.05, 4.69) is 14.9 Å². The number of likely N-dealkylation sites (tertiary alicyclic amines) is 1. The van der Waals surface area contributed by atoms with E-state index < -0.39 is 0 Å². The molecule has 2 heterocycles. The second-order valence-corrected chi connectivity index (χ2v) is 7.36. The van der Waals surface area contributed by atoms with E-state index in [1.54, 1.807) is 6.92 Å². The lowest BCUT2D eigenvalue weighted by atomic mass is 10.1. The Morgan fingerprint density at radius 1 is 1.18 bits per heavy atom. The maximum atomic E-state index is 12.6. The molecule has 144 valence electrons. The molecule has 1 aliphatic rings. The van der Waals surface area contributed by atoms with E-state index in [0.29, 0.717) is 18.0 Å². The van der Waals surface area contributed by atoms with Gasteiger partial charge in [-0.1, -0.05) is 18.2 Å². The molecule has 0 radical (unpaired) electrons. The average molecular weight is 376 g/mol. The van der Waals surface area contributed by atoms with Crippen molar-refractivity contribution in [2.75, 3.05) is 19.6 Å². The molecule has 1 saturated heterocycles. The molecule has 1 aliphatic heterocycles. The van der Waals surface area contributed by atoms with Crippen LogP contribution in [0.15, 0.2) is 48.5 Å². The Bertz CT molecular complexity index is 1030. The quantitative estimate of drug-likeness (QED) is 0.761. The molecule has 0 bridgehead atoms. The van der Waals surface area contributed by atoms with E-state index in [1.807, 2.05) is 60.4 Å². The number of imidazole rings is 1. The number of rotatable bonds is 4. The van der Waals surface area contributed by atoms with E-state index in [-0.39, 0.29) is 11.8 Å². The Morgan fingerprint density at radius 2 is 1.96 bits per heavy atom. The predicted octanol–water partition coefficient (Wildman–Crippen LogP) is 2.93. The number of fused-ring (bicyclic) bond motifs is 1. The first-order chi connectivity index (χ1) is 13.5. The van der Waals surface area contributed by atoms with Crippen molar-refractivity contribution in [1.82, 2.24) is 19.8 Å². The first-order valence-electron chi connectivity index (χ1n) is 9.61. The Morgan fingerprint density at radius 3 is 2.68 bits per heavy atom. The molecule has 1 atom stereocenters. The number of aryl methyl sites for hydroxylation is 1. The molecule has 1 N–H and O–H groups in total. The Kier molecular flexibility index (Phi) is 4.86. The van der Waals surface area contributed by atoms with E-state index in [1.165, 1.54) is 0 Å². The van der Waals surface area contributed by atoms with Crippen molar-refractivity contribution in [1.29, 1.82) is 0 Å². The topological polar surface area (TPSA) is 67.2 Å². The molecule has 0 spiro atoms. The molecule has 28 heavy (non-hydrogen) atoms. The Labute approximate surface area is 164 Å². The zero-order valence-electron chi connectivity index (χ0n) is 16.2. The van der Waals surface area contributed by atoms with Crippen LogP contribution >= 0.6 is 0 Å². The van der Waals surface area contributed by atoms with Gasteiger partial charge < -0.3 is 10.2 Å². The molecule has 2 aromatic carbocycles. The third-order valence-electron chi connectivity index (χ3n) is 5.38. The van der Waals surface area contributed by atoms with Crippen molar-refractivity contribution in [3.8, 4) is 5.69 Å². The summed E-state index contributed by atoms with van der Waals surface area (Å²) in [5, 5.41) is 3.01. The van der Waals surface area contributed by atoms with Crippen LogP contribution < -0.4 is 5.32 Å². The van der Waals surface area contributed by atoms with Gasteiger partial charge in [0.05, 0.1) is 11.0 Å². The summed E-state index contributed by atoms with van der Waals surface area (Å²) in [6.45, 7) is 5.63. The zero-order chi connectivity index (χ0) is 19.7. The number of aromatic nitrogens is 2. The van der Waals surface area contributed by atoms with Gasteiger partial charge in [-0.15, -0.1) is 0 Å². The summed E-state index contributed by atoms with van der Waals surface area (Å²) in [6.07, 6.45) is 0.930. The second kappa shape index (κ2) is 7.46. The monoisotopic (exact) mass is 376 g/mol. The molecule has 0 saturated carbocycles. The highest BCUT2D eigenvalue weighted by atomic mass is 16.2. The number of amides is 2. The molecule has 6 heteroatoms. The number of benzene rings is 2. The minimum Gasteiger partial charge on any atom is -0.352 e. The summed E-state index contributed by atoms with van der Waals surface area (Å²) in [5.74, 6) is 1.20. The molecular weight excluding hydrogens is 352 g/mol. The molecule has 4 rings (SSSR count). The van der Waals surface area contributed by atoms with Crippen LogP contribution in [0.3, 0.4) is 0 Å². The summed E-state index contributed by atoms with van der Waals surface area (Å²) in [7, 11) is 0. The molecule has 1 fully saturated rings. The number of carbonyl (C=O) groups excluding carboxylic acids is 2. The van der Waals surface area contributed by atoms with Gasteiger partial charge >= 0.3 is 0 Å². The second-order valence-electron chi connectivity index (χ2n) is 7.36. The number of hydrogen-bond acceptors (Lipinski definition) is 3. The molecule has 6 nitrogen and oxygen atoms in total. The van der Waals surface area contributed by atoms with Gasteiger partial charge in [-0.3, -0.25) is 14.2 Å². The first-order valence-corrected chi connectivity index (χ1v) is 9.61. The molecular formula is C22H24N4O2. The van der Waals surface area contributed by atoms with Gasteiger partial charge in [0.25, 0.3) is 5.91 Å². The van der Waals surface area contributed by atoms with Crippen LogP contribution in [0.5, 0.6) is 0 Å². The van der Waals surface area contributed by atoms with Crippen LogP contribution in [-0.4, -0.2) is 45.9 Å². The average Bonchev–Trinajstić information content (AvgIpc) is 3.30. The summed E-state index contributed by atoms with van der Waals surface area (Å²) in [4.78, 5) is 30.5. The largest absolute Gasteiger partial charge is 0.352 e. The van der Waals surface area contributed by atoms with Crippen LogP contribution in [0, 0.1) is 12.8 Å². The third kappa shape index (κ3) is 3.50. The minimum absolute atomic E-state index is 0.101. The number of para-hydroxylation sites is 1. The number of nitrogens with one attached hydrogen (secondary N) is 1. The van der Waals surface area contributed by atoms with Crippen molar-refractivity contribution < 1.29 is 9.59 Å². The smallest absolute Gasteiger partial charge is 0.251 e. The summed E-state index contributed by atoms with van der Waals surface area (Å²) >= 11 is 0. The van der Waals surface area contributed by atoms with Gasteiger partial charge in [-0.25, -0.2) is 4.98 Å². The molecule has 1 unspecified atom stereocenters. The van der Waals surface area contributed by atoms with Crippen molar-refractivity contribution in [3.05, 3.63) is 59.9 Å². The van der Waals surface area contributed by atoms with Gasteiger partial charge in [-0.05, 0) is 49.6 Å². The van der Waals surface area contributed by atoms with Gasteiger partial charge in [0, 0.05) is 37.8 Å². The first kappa shape index (κ1) is 18.2. The number of carbonyl (C=O) groups is 2. The molecule has 2 amide bonds. The highest BCUT2D eigenvalue weighted by molar-refractivity contribution is 5.97. The summed E-state index contributed by atoms with van der Waals surface area (Å²) in [6, 6.07) is 15.7. The van der Waals surface area contributed by atoms with Gasteiger partial charge in [0.2, 0.25) is 5.91 Å². The van der Waals surface area contributed by atoms with Gasteiger partial charge in [0.1, 0.15) is 5.82 Å². The van der Waals surface area contributed by atoms with Gasteiger partial charge in [-0.2, -0.15) is 0 Å². The summed E-state index contributed by atoms with van der Waals surface area (Å²) in [5.41, 5.74) is 3.44. The van der Waals surface area contributed by atoms with Crippen LogP contribution in [-0.2, 0) is 4.79 Å². The lowest BCUT2D eigenvalue weighted by Gasteiger charge is -2.14. The fraction of sp³-hybridized carbons (Fsp3) is 0.318. The molecule has 1 aromatic heterocycles. The lowest BCUT2D eigenvalue weighted by Crippen LogP contribution is -2.32. The maximum Gasteiger partial charge on any atom is 0.251 e. The highest BCUT2D eigenvalue weighted by Crippen LogP contribution is 2.22. The van der Waals surface area contributed by atoms with Crippen molar-refractivity contribution >= 4 is 22.8 Å². The molecule has 0 aliphatic carbocycles. The number of hydrogen-bond donors (Lipinski definition) is 1. The van der Waals surface area contributed by atoms with E-state index in [4.69, 9.17) is 0 Å². The van der Waals surface area contributed by atoms with E-state index >= 15 is 0 Å². The molecule has 3 aromatic rings. The van der Waals surface area contributed by atoms with Crippen LogP contribution in [0.4, 0.5) is 0 Å². The van der Waals surface area contributed by atoms with Crippen LogP contribution in [0.1, 0.15) is 29.5 Å². The van der Waals surface area contributed by atoms with Crippen LogP contribution in [0.25, 0.3) is 16.7 Å². The number of nitrogens with zero attached hydrogens (tertiary/aromatic N) is 3. The fourth-order valence-corrected chi connectivity index (χ4v) is 3.87. The Hall–Kier alpha value is -3.15. The van der Waals surface area contributed by atoms with Gasteiger partial charge in [0.15, 0.2) is 0 Å². The van der Waals surface area contributed by atoms with E-state index in [0.717, 1.165) is 42.1 Å². The third-order valence-corrected chi connectivity index (χ3v) is 5.38. The van der Waals surface area contributed by atoms with Crippen LogP contribution in [0.2, 0.25) is 0 Å². The van der Waals surface area contributed by atoms with Crippen molar-refractivity contribution in [2.24, 2.45) is 5.92 Å². The predicted molar refractivity (Wildman–Crippen MR) is 109 cm³/mol. The zero-order valence-corrected chi connectivity index (χ0v) is 16.2. The lowest BCUT2D eigenvalue weighted by molar-refractivity contribution is -0.127. The standard InChI is InChI=1S/C22H24N4O2/c1-15-24-20-12-18(8-9-21(20)26(15)19-6-4-3-5-7-19)22(28)23-13-17-10-11-25(14-17)16(2)27/h3-9,12,17H,10-11,13-14H2,1-2H3,(H,23,28). The summed E-state index contributed by atoms with van der Waals surface area (Å²) < 4.78 is 2.09. The normalized spacial score (nSPS) is 16.5.